The van der Waals surface area contributed by atoms with E-state index in [2.05, 4.69) is 10.6 Å². The number of amides is 1. The minimum atomic E-state index is -1.05. The monoisotopic (exact) mass is 373 g/mol. The molecule has 0 bridgehead atoms. The van der Waals surface area contributed by atoms with Gasteiger partial charge in [-0.05, 0) is 32.8 Å². The summed E-state index contributed by atoms with van der Waals surface area (Å²) in [6, 6.07) is 6.21. The first kappa shape index (κ1) is 22.0. The van der Waals surface area contributed by atoms with E-state index in [1.165, 1.54) is 0 Å². The van der Waals surface area contributed by atoms with Gasteiger partial charge in [0.15, 0.2) is 0 Å². The number of aryl methyl sites for hydroxylation is 1. The van der Waals surface area contributed by atoms with E-state index < -0.39 is 24.0 Å². The van der Waals surface area contributed by atoms with Crippen molar-refractivity contribution in [2.75, 3.05) is 6.61 Å². The van der Waals surface area contributed by atoms with Crippen LogP contribution in [-0.2, 0) is 9.59 Å². The molecule has 3 N–H and O–H groups in total. The highest BCUT2D eigenvalue weighted by molar-refractivity contribution is 5.97. The molecule has 7 nitrogen and oxygen atoms in total. The molecule has 27 heavy (non-hydrogen) atoms. The SMILES string of the molecule is CCOc1ccc(C)cc1C(C)NC(=O)/C(C#N)=C\NC(C(=O)O)C(C)C. The fourth-order valence-corrected chi connectivity index (χ4v) is 2.52. The van der Waals surface area contributed by atoms with Gasteiger partial charge in [0.1, 0.15) is 23.4 Å². The van der Waals surface area contributed by atoms with E-state index in [1.807, 2.05) is 32.0 Å². The molecule has 0 fully saturated rings. The van der Waals surface area contributed by atoms with Crippen molar-refractivity contribution in [2.45, 2.75) is 46.7 Å². The Kier molecular flexibility index (Phi) is 8.34. The first-order valence-electron chi connectivity index (χ1n) is 8.84. The molecule has 0 aliphatic carbocycles. The second-order valence-electron chi connectivity index (χ2n) is 6.57. The van der Waals surface area contributed by atoms with Crippen LogP contribution in [0.3, 0.4) is 0 Å². The van der Waals surface area contributed by atoms with Crippen molar-refractivity contribution in [3.63, 3.8) is 0 Å². The number of carboxylic acids is 1. The van der Waals surface area contributed by atoms with Crippen LogP contribution in [0.5, 0.6) is 5.75 Å². The van der Waals surface area contributed by atoms with Crippen LogP contribution in [0, 0.1) is 24.2 Å². The first-order chi connectivity index (χ1) is 12.7. The highest BCUT2D eigenvalue weighted by Crippen LogP contribution is 2.26. The highest BCUT2D eigenvalue weighted by Gasteiger charge is 2.21. The van der Waals surface area contributed by atoms with E-state index in [0.717, 1.165) is 17.3 Å². The molecule has 2 atom stereocenters. The zero-order valence-electron chi connectivity index (χ0n) is 16.4. The van der Waals surface area contributed by atoms with Crippen molar-refractivity contribution >= 4 is 11.9 Å². The molecular weight excluding hydrogens is 346 g/mol. The highest BCUT2D eigenvalue weighted by atomic mass is 16.5. The average Bonchev–Trinajstić information content (AvgIpc) is 2.59. The van der Waals surface area contributed by atoms with Gasteiger partial charge in [-0.2, -0.15) is 5.26 Å². The summed E-state index contributed by atoms with van der Waals surface area (Å²) in [7, 11) is 0. The van der Waals surface area contributed by atoms with E-state index in [9.17, 15) is 20.0 Å². The first-order valence-corrected chi connectivity index (χ1v) is 8.84. The van der Waals surface area contributed by atoms with Gasteiger partial charge in [0.2, 0.25) is 0 Å². The minimum absolute atomic E-state index is 0.195. The largest absolute Gasteiger partial charge is 0.494 e. The lowest BCUT2D eigenvalue weighted by atomic mass is 10.0. The van der Waals surface area contributed by atoms with Crippen LogP contribution in [0.15, 0.2) is 30.0 Å². The van der Waals surface area contributed by atoms with E-state index in [1.54, 1.807) is 26.8 Å². The third-order valence-electron chi connectivity index (χ3n) is 3.98. The zero-order chi connectivity index (χ0) is 20.6. The summed E-state index contributed by atoms with van der Waals surface area (Å²) in [5.41, 5.74) is 1.63. The molecule has 1 amide bonds. The van der Waals surface area contributed by atoms with Gasteiger partial charge in [0.05, 0.1) is 12.6 Å². The molecule has 0 aliphatic heterocycles. The number of hydrogen-bond donors (Lipinski definition) is 3. The third-order valence-corrected chi connectivity index (χ3v) is 3.98. The summed E-state index contributed by atoms with van der Waals surface area (Å²) in [4.78, 5) is 23.7. The molecule has 0 saturated heterocycles. The lowest BCUT2D eigenvalue weighted by Gasteiger charge is -2.19. The molecule has 7 heteroatoms. The number of carbonyl (C=O) groups is 2. The molecule has 0 spiro atoms. The van der Waals surface area contributed by atoms with Gasteiger partial charge in [-0.15, -0.1) is 0 Å². The lowest BCUT2D eigenvalue weighted by molar-refractivity contribution is -0.140. The van der Waals surface area contributed by atoms with Gasteiger partial charge in [0.25, 0.3) is 5.91 Å². The van der Waals surface area contributed by atoms with Crippen LogP contribution in [0.25, 0.3) is 0 Å². The number of nitrogens with zero attached hydrogens (tertiary/aromatic N) is 1. The maximum absolute atomic E-state index is 12.4. The molecule has 1 aromatic rings. The van der Waals surface area contributed by atoms with Crippen LogP contribution in [0.4, 0.5) is 0 Å². The summed E-state index contributed by atoms with van der Waals surface area (Å²) >= 11 is 0. The number of rotatable bonds is 9. The maximum atomic E-state index is 12.4. The van der Waals surface area contributed by atoms with Crippen molar-refractivity contribution in [2.24, 2.45) is 5.92 Å². The Hall–Kier alpha value is -3.01. The molecular formula is C20H27N3O4. The predicted molar refractivity (Wildman–Crippen MR) is 102 cm³/mol. The van der Waals surface area contributed by atoms with Crippen LogP contribution < -0.4 is 15.4 Å². The summed E-state index contributed by atoms with van der Waals surface area (Å²) in [5.74, 6) is -1.17. The van der Waals surface area contributed by atoms with Gasteiger partial charge in [-0.1, -0.05) is 31.5 Å². The Morgan fingerprint density at radius 2 is 2.00 bits per heavy atom. The van der Waals surface area contributed by atoms with E-state index in [0.29, 0.717) is 12.4 Å². The Morgan fingerprint density at radius 3 is 2.52 bits per heavy atom. The predicted octanol–water partition coefficient (Wildman–Crippen LogP) is 2.68. The van der Waals surface area contributed by atoms with Crippen LogP contribution in [0.2, 0.25) is 0 Å². The molecule has 0 saturated carbocycles. The van der Waals surface area contributed by atoms with Gasteiger partial charge < -0.3 is 20.5 Å². The molecule has 0 radical (unpaired) electrons. The van der Waals surface area contributed by atoms with E-state index in [-0.39, 0.29) is 11.5 Å². The Bertz CT molecular complexity index is 750. The fourth-order valence-electron chi connectivity index (χ4n) is 2.52. The smallest absolute Gasteiger partial charge is 0.326 e. The van der Waals surface area contributed by atoms with Crippen LogP contribution in [0.1, 0.15) is 44.9 Å². The summed E-state index contributed by atoms with van der Waals surface area (Å²) < 4.78 is 5.60. The molecule has 0 heterocycles. The number of hydrogen-bond acceptors (Lipinski definition) is 5. The molecule has 2 unspecified atom stereocenters. The quantitative estimate of drug-likeness (QED) is 0.453. The van der Waals surface area contributed by atoms with Crippen molar-refractivity contribution in [1.29, 1.82) is 5.26 Å². The number of nitrogens with one attached hydrogen (secondary N) is 2. The number of carbonyl (C=O) groups excluding carboxylic acids is 1. The van der Waals surface area contributed by atoms with Crippen molar-refractivity contribution in [3.8, 4) is 11.8 Å². The topological polar surface area (TPSA) is 111 Å². The van der Waals surface area contributed by atoms with Gasteiger partial charge in [-0.3, -0.25) is 4.79 Å². The normalized spacial score (nSPS) is 13.4. The van der Waals surface area contributed by atoms with E-state index in [4.69, 9.17) is 4.74 Å². The van der Waals surface area contributed by atoms with Gasteiger partial charge in [0, 0.05) is 11.8 Å². The molecule has 0 aliphatic rings. The average molecular weight is 373 g/mol. The standard InChI is InChI=1S/C20H27N3O4/c1-6-27-17-8-7-13(4)9-16(17)14(5)23-19(24)15(10-21)11-22-18(12(2)3)20(25)26/h7-9,11-12,14,18,22H,6H2,1-5H3,(H,23,24)(H,25,26)/b15-11-. The fraction of sp³-hybridized carbons (Fsp3) is 0.450. The molecule has 1 rings (SSSR count). The molecule has 1 aromatic carbocycles. The van der Waals surface area contributed by atoms with Crippen molar-refractivity contribution < 1.29 is 19.4 Å². The summed E-state index contributed by atoms with van der Waals surface area (Å²) in [6.07, 6.45) is 1.15. The van der Waals surface area contributed by atoms with Crippen molar-refractivity contribution in [3.05, 3.63) is 41.1 Å². The second-order valence-corrected chi connectivity index (χ2v) is 6.57. The van der Waals surface area contributed by atoms with Crippen LogP contribution in [-0.4, -0.2) is 29.6 Å². The Morgan fingerprint density at radius 1 is 1.33 bits per heavy atom. The third kappa shape index (κ3) is 6.33. The molecule has 146 valence electrons. The maximum Gasteiger partial charge on any atom is 0.326 e. The number of nitriles is 1. The second kappa shape index (κ2) is 10.2. The Balaban J connectivity index is 2.95. The minimum Gasteiger partial charge on any atom is -0.494 e. The summed E-state index contributed by atoms with van der Waals surface area (Å²) in [5, 5.41) is 23.8. The number of benzene rings is 1. The zero-order valence-corrected chi connectivity index (χ0v) is 16.4. The number of ether oxygens (including phenoxy) is 1. The van der Waals surface area contributed by atoms with Crippen LogP contribution >= 0.6 is 0 Å². The summed E-state index contributed by atoms with van der Waals surface area (Å²) in [6.45, 7) is 9.59. The van der Waals surface area contributed by atoms with Gasteiger partial charge in [-0.25, -0.2) is 4.79 Å². The lowest BCUT2D eigenvalue weighted by Crippen LogP contribution is -2.38. The number of carboxylic acid groups (broad SMARTS) is 1. The number of aliphatic carboxylic acids is 1. The molecule has 0 aromatic heterocycles. The Labute approximate surface area is 160 Å². The van der Waals surface area contributed by atoms with Gasteiger partial charge >= 0.3 is 5.97 Å². The van der Waals surface area contributed by atoms with Crippen molar-refractivity contribution in [1.82, 2.24) is 10.6 Å². The van der Waals surface area contributed by atoms with E-state index >= 15 is 0 Å².